The number of anilines is 2. The van der Waals surface area contributed by atoms with E-state index in [1.807, 2.05) is 13.1 Å². The first-order valence-corrected chi connectivity index (χ1v) is 17.4. The van der Waals surface area contributed by atoms with Crippen molar-refractivity contribution >= 4 is 44.1 Å². The molecule has 9 nitrogen and oxygen atoms in total. The monoisotopic (exact) mass is 686 g/mol. The van der Waals surface area contributed by atoms with Crippen LogP contribution in [0.1, 0.15) is 44.6 Å². The standard InChI is InChI=1S/C37H38F4N8O/c1-3-24-27(38)8-5-19-11-21(42)12-25(28(19)24)29-31(39)33-30(26-17-47(2)46-32(26)29)35(48-15-22-6-7-23(16-48)43-22)45-36(44-33)50-18-37-9-4-10-49(37)14-20(13-37)34(40)41/h5,8,11-12,17,22-23,43H,3-4,6-7,9-10,13-16,18,42H2,1-2H3/t22-,23+,37-/m0/s1. The highest BCUT2D eigenvalue weighted by Crippen LogP contribution is 2.46. The third kappa shape index (κ3) is 4.84. The summed E-state index contributed by atoms with van der Waals surface area (Å²) < 4.78 is 68.4. The molecular weight excluding hydrogens is 648 g/mol. The number of hydrogen-bond acceptors (Lipinski definition) is 8. The Bertz CT molecular complexity index is 2240. The lowest BCUT2D eigenvalue weighted by molar-refractivity contribution is 0.108. The fourth-order valence-corrected chi connectivity index (χ4v) is 9.17. The number of halogens is 4. The molecule has 2 bridgehead atoms. The summed E-state index contributed by atoms with van der Waals surface area (Å²) in [5.41, 5.74) is 7.86. The van der Waals surface area contributed by atoms with Crippen LogP contribution in [-0.4, -0.2) is 75.1 Å². The minimum atomic E-state index is -1.63. The van der Waals surface area contributed by atoms with Gasteiger partial charge in [-0.1, -0.05) is 13.0 Å². The number of nitrogen functional groups attached to an aromatic ring is 1. The van der Waals surface area contributed by atoms with Crippen molar-refractivity contribution in [3.8, 4) is 17.1 Å². The van der Waals surface area contributed by atoms with Crippen LogP contribution >= 0.6 is 0 Å². The number of hydrogen-bond donors (Lipinski definition) is 2. The summed E-state index contributed by atoms with van der Waals surface area (Å²) in [7, 11) is 1.78. The van der Waals surface area contributed by atoms with E-state index < -0.39 is 17.4 Å². The molecule has 5 aromatic rings. The summed E-state index contributed by atoms with van der Waals surface area (Å²) >= 11 is 0. The van der Waals surface area contributed by atoms with Gasteiger partial charge in [0.15, 0.2) is 5.82 Å². The summed E-state index contributed by atoms with van der Waals surface area (Å²) in [6.07, 6.45) is 4.46. The fraction of sp³-hybridized carbons (Fsp3) is 0.432. The molecule has 0 aliphatic carbocycles. The lowest BCUT2D eigenvalue weighted by Crippen LogP contribution is -2.51. The maximum absolute atomic E-state index is 17.6. The zero-order valence-corrected chi connectivity index (χ0v) is 28.0. The quantitative estimate of drug-likeness (QED) is 0.155. The molecular formula is C37H38F4N8O. The van der Waals surface area contributed by atoms with Gasteiger partial charge in [-0.3, -0.25) is 9.58 Å². The van der Waals surface area contributed by atoms with Gasteiger partial charge < -0.3 is 20.7 Å². The van der Waals surface area contributed by atoms with E-state index in [4.69, 9.17) is 25.5 Å². The van der Waals surface area contributed by atoms with Gasteiger partial charge >= 0.3 is 6.01 Å². The number of nitrogens with two attached hydrogens (primary N) is 1. The number of aromatic nitrogens is 4. The molecule has 4 fully saturated rings. The molecule has 4 aliphatic rings. The van der Waals surface area contributed by atoms with Crippen molar-refractivity contribution in [2.45, 2.75) is 63.1 Å². The number of nitrogens with one attached hydrogen (secondary N) is 1. The van der Waals surface area contributed by atoms with Crippen molar-refractivity contribution in [1.82, 2.24) is 30.0 Å². The van der Waals surface area contributed by atoms with Crippen molar-refractivity contribution < 1.29 is 22.3 Å². The Balaban J connectivity index is 1.27. The molecule has 3 atom stereocenters. The molecule has 0 amide bonds. The topological polar surface area (TPSA) is 97.4 Å². The zero-order chi connectivity index (χ0) is 34.5. The summed E-state index contributed by atoms with van der Waals surface area (Å²) in [5, 5.41) is 10.9. The highest BCUT2D eigenvalue weighted by molar-refractivity contribution is 6.18. The van der Waals surface area contributed by atoms with Crippen molar-refractivity contribution in [1.29, 1.82) is 0 Å². The fourth-order valence-electron chi connectivity index (χ4n) is 9.17. The predicted molar refractivity (Wildman–Crippen MR) is 186 cm³/mol. The molecule has 260 valence electrons. The van der Waals surface area contributed by atoms with Crippen molar-refractivity contribution in [3.63, 3.8) is 0 Å². The molecule has 0 radical (unpaired) electrons. The highest BCUT2D eigenvalue weighted by Gasteiger charge is 2.48. The van der Waals surface area contributed by atoms with E-state index in [0.29, 0.717) is 82.2 Å². The lowest BCUT2D eigenvalue weighted by Gasteiger charge is -2.35. The molecule has 3 N–H and O–H groups in total. The van der Waals surface area contributed by atoms with Crippen molar-refractivity contribution in [3.05, 3.63) is 59.3 Å². The predicted octanol–water partition coefficient (Wildman–Crippen LogP) is 6.47. The summed E-state index contributed by atoms with van der Waals surface area (Å²) in [4.78, 5) is 13.9. The first-order valence-electron chi connectivity index (χ1n) is 17.4. The molecule has 0 saturated carbocycles. The van der Waals surface area contributed by atoms with Crippen LogP contribution in [0.2, 0.25) is 0 Å². The van der Waals surface area contributed by atoms with Crippen LogP contribution in [0.15, 0.2) is 42.1 Å². The third-order valence-corrected chi connectivity index (χ3v) is 11.4. The van der Waals surface area contributed by atoms with Crippen LogP contribution in [0.3, 0.4) is 0 Å². The van der Waals surface area contributed by atoms with Gasteiger partial charge in [0.05, 0.1) is 10.9 Å². The van der Waals surface area contributed by atoms with Gasteiger partial charge in [0.25, 0.3) is 6.08 Å². The average Bonchev–Trinajstić information content (AvgIpc) is 3.85. The molecule has 4 aliphatic heterocycles. The Hall–Kier alpha value is -4.49. The average molecular weight is 687 g/mol. The van der Waals surface area contributed by atoms with Crippen LogP contribution in [0, 0.1) is 11.6 Å². The van der Waals surface area contributed by atoms with Gasteiger partial charge in [-0.25, -0.2) is 8.78 Å². The number of ether oxygens (including phenoxy) is 1. The summed E-state index contributed by atoms with van der Waals surface area (Å²) in [6, 6.07) is 7.04. The second-order valence-corrected chi connectivity index (χ2v) is 14.5. The van der Waals surface area contributed by atoms with E-state index in [2.05, 4.69) is 15.1 Å². The SMILES string of the molecule is CCc1c(F)ccc2cc(N)cc(-c3c(F)c4nc(OC[C@@]56CCCN5CC(=C(F)F)C6)nc(N5C[C@H]6CC[C@@H](C5)N6)c4c4cn(C)nc34)c12. The van der Waals surface area contributed by atoms with Gasteiger partial charge in [-0.05, 0) is 85.2 Å². The number of benzene rings is 3. The third-order valence-electron chi connectivity index (χ3n) is 11.4. The Morgan fingerprint density at radius 3 is 2.64 bits per heavy atom. The van der Waals surface area contributed by atoms with Gasteiger partial charge in [0, 0.05) is 67.2 Å². The van der Waals surface area contributed by atoms with E-state index in [0.717, 1.165) is 19.3 Å². The molecule has 50 heavy (non-hydrogen) atoms. The number of rotatable bonds is 6. The molecule has 3 aromatic carbocycles. The van der Waals surface area contributed by atoms with E-state index in [1.54, 1.807) is 29.9 Å². The maximum atomic E-state index is 17.6. The maximum Gasteiger partial charge on any atom is 0.319 e. The second-order valence-electron chi connectivity index (χ2n) is 14.5. The molecule has 6 heterocycles. The Kier molecular flexibility index (Phi) is 7.26. The van der Waals surface area contributed by atoms with Crippen LogP contribution in [0.5, 0.6) is 6.01 Å². The van der Waals surface area contributed by atoms with E-state index in [9.17, 15) is 8.78 Å². The minimum Gasteiger partial charge on any atom is -0.461 e. The van der Waals surface area contributed by atoms with E-state index >= 15 is 8.78 Å². The summed E-state index contributed by atoms with van der Waals surface area (Å²) in [5.74, 6) is -0.467. The molecule has 0 spiro atoms. The molecule has 2 aromatic heterocycles. The number of piperazine rings is 1. The van der Waals surface area contributed by atoms with E-state index in [-0.39, 0.29) is 60.1 Å². The van der Waals surface area contributed by atoms with Crippen LogP contribution in [0.4, 0.5) is 29.1 Å². The van der Waals surface area contributed by atoms with Crippen LogP contribution in [0.25, 0.3) is 43.7 Å². The van der Waals surface area contributed by atoms with Crippen molar-refractivity contribution in [2.75, 3.05) is 43.4 Å². The smallest absolute Gasteiger partial charge is 0.319 e. The first kappa shape index (κ1) is 31.5. The molecule has 0 unspecified atom stereocenters. The molecule has 4 saturated heterocycles. The lowest BCUT2D eigenvalue weighted by atomic mass is 9.90. The highest BCUT2D eigenvalue weighted by atomic mass is 19.3. The zero-order valence-electron chi connectivity index (χ0n) is 28.0. The number of aryl methyl sites for hydroxylation is 2. The largest absolute Gasteiger partial charge is 0.461 e. The van der Waals surface area contributed by atoms with Crippen LogP contribution in [-0.2, 0) is 13.5 Å². The van der Waals surface area contributed by atoms with Gasteiger partial charge in [-0.15, -0.1) is 0 Å². The Morgan fingerprint density at radius 1 is 1.08 bits per heavy atom. The van der Waals surface area contributed by atoms with Crippen LogP contribution < -0.4 is 20.7 Å². The second kappa shape index (κ2) is 11.5. The summed E-state index contributed by atoms with van der Waals surface area (Å²) in [6.45, 7) is 4.24. The van der Waals surface area contributed by atoms with Gasteiger partial charge in [0.2, 0.25) is 0 Å². The van der Waals surface area contributed by atoms with E-state index in [1.165, 1.54) is 6.07 Å². The van der Waals surface area contributed by atoms with Gasteiger partial charge in [0.1, 0.15) is 29.3 Å². The molecule has 9 rings (SSSR count). The number of fused-ring (bicyclic) bond motifs is 7. The molecule has 13 heteroatoms. The first-order chi connectivity index (χ1) is 24.1. The Labute approximate surface area is 286 Å². The number of nitrogens with zero attached hydrogens (tertiary/aromatic N) is 6. The van der Waals surface area contributed by atoms with Gasteiger partial charge in [-0.2, -0.15) is 23.8 Å². The minimum absolute atomic E-state index is 0.0106. The Morgan fingerprint density at radius 2 is 1.88 bits per heavy atom. The normalized spacial score (nSPS) is 23.6. The van der Waals surface area contributed by atoms with Crippen molar-refractivity contribution in [2.24, 2.45) is 7.05 Å².